The molecule has 5 rings (SSSR count). The topological polar surface area (TPSA) is 60.2 Å². The van der Waals surface area contributed by atoms with Crippen LogP contribution in [0.2, 0.25) is 0 Å². The van der Waals surface area contributed by atoms with E-state index in [9.17, 15) is 35.5 Å². The van der Waals surface area contributed by atoms with Crippen molar-refractivity contribution in [2.24, 2.45) is 5.92 Å². The van der Waals surface area contributed by atoms with Gasteiger partial charge in [0, 0.05) is 31.0 Å². The summed E-state index contributed by atoms with van der Waals surface area (Å²) in [6.07, 6.45) is -6.08. The van der Waals surface area contributed by atoms with Crippen LogP contribution in [0.4, 0.5) is 30.7 Å². The van der Waals surface area contributed by atoms with E-state index in [1.165, 1.54) is 19.1 Å². The van der Waals surface area contributed by atoms with Crippen LogP contribution in [-0.4, -0.2) is 44.8 Å². The first-order valence-corrected chi connectivity index (χ1v) is 13.6. The lowest BCUT2D eigenvalue weighted by atomic mass is 9.86. The Balaban J connectivity index is 1.36. The molecule has 2 fully saturated rings. The Morgan fingerprint density at radius 3 is 2.14 bits per heavy atom. The number of hydrogen-bond donors (Lipinski definition) is 0. The van der Waals surface area contributed by atoms with Gasteiger partial charge in [0.25, 0.3) is 0 Å². The molecule has 42 heavy (non-hydrogen) atoms. The molecule has 6 nitrogen and oxygen atoms in total. The summed E-state index contributed by atoms with van der Waals surface area (Å²) in [5.74, 6) is -1.19. The Bertz CT molecular complexity index is 1340. The second-order valence-electron chi connectivity index (χ2n) is 11.0. The van der Waals surface area contributed by atoms with Gasteiger partial charge in [-0.3, -0.25) is 4.79 Å². The predicted octanol–water partition coefficient (Wildman–Crippen LogP) is 6.96. The molecule has 13 heteroatoms. The van der Waals surface area contributed by atoms with Crippen LogP contribution in [0.25, 0.3) is 0 Å². The van der Waals surface area contributed by atoms with Crippen molar-refractivity contribution < 1.29 is 40.3 Å². The van der Waals surface area contributed by atoms with Crippen LogP contribution in [0.1, 0.15) is 72.9 Å². The van der Waals surface area contributed by atoms with Crippen LogP contribution in [0, 0.1) is 11.7 Å². The molecular formula is C29H29F7N4O2. The Hall–Kier alpha value is -3.48. The number of halogens is 7. The first-order chi connectivity index (χ1) is 19.8. The quantitative estimate of drug-likeness (QED) is 0.288. The van der Waals surface area contributed by atoms with Gasteiger partial charge in [-0.2, -0.15) is 26.3 Å². The highest BCUT2D eigenvalue weighted by molar-refractivity contribution is 5.79. The van der Waals surface area contributed by atoms with Crippen molar-refractivity contribution in [3.05, 3.63) is 83.2 Å². The lowest BCUT2D eigenvalue weighted by molar-refractivity contribution is -0.143. The van der Waals surface area contributed by atoms with Crippen molar-refractivity contribution in [3.8, 4) is 0 Å². The number of benzene rings is 2. The van der Waals surface area contributed by atoms with E-state index in [0.717, 1.165) is 6.42 Å². The van der Waals surface area contributed by atoms with Crippen molar-refractivity contribution in [2.45, 2.75) is 69.1 Å². The molecule has 2 heterocycles. The third kappa shape index (κ3) is 6.61. The van der Waals surface area contributed by atoms with Gasteiger partial charge in [-0.15, -0.1) is 10.2 Å². The maximum Gasteiger partial charge on any atom is 0.416 e. The summed E-state index contributed by atoms with van der Waals surface area (Å²) >= 11 is 0. The monoisotopic (exact) mass is 598 g/mol. The van der Waals surface area contributed by atoms with E-state index in [1.807, 2.05) is 4.57 Å². The second kappa shape index (κ2) is 11.7. The first kappa shape index (κ1) is 30.0. The van der Waals surface area contributed by atoms with E-state index in [4.69, 9.17) is 4.74 Å². The van der Waals surface area contributed by atoms with Gasteiger partial charge < -0.3 is 14.2 Å². The van der Waals surface area contributed by atoms with Crippen LogP contribution < -0.4 is 0 Å². The average molecular weight is 599 g/mol. The number of rotatable bonds is 6. The fourth-order valence-corrected chi connectivity index (χ4v) is 5.99. The number of nitrogens with zero attached hydrogens (tertiary/aromatic N) is 4. The number of piperidine rings is 1. The van der Waals surface area contributed by atoms with Gasteiger partial charge in [0.05, 0.1) is 23.3 Å². The van der Waals surface area contributed by atoms with Gasteiger partial charge in [0.1, 0.15) is 18.5 Å². The van der Waals surface area contributed by atoms with Crippen molar-refractivity contribution in [1.29, 1.82) is 0 Å². The van der Waals surface area contributed by atoms with E-state index in [-0.39, 0.29) is 36.0 Å². The van der Waals surface area contributed by atoms with Crippen molar-refractivity contribution in [1.82, 2.24) is 19.7 Å². The fourth-order valence-electron chi connectivity index (χ4n) is 5.99. The fraction of sp³-hybridized carbons (Fsp3) is 0.483. The van der Waals surface area contributed by atoms with Crippen LogP contribution in [0.3, 0.4) is 0 Å². The summed E-state index contributed by atoms with van der Waals surface area (Å²) < 4.78 is 102. The van der Waals surface area contributed by atoms with Gasteiger partial charge in [0.2, 0.25) is 5.91 Å². The van der Waals surface area contributed by atoms with E-state index < -0.39 is 47.4 Å². The molecule has 2 aromatic carbocycles. The smallest absolute Gasteiger partial charge is 0.370 e. The van der Waals surface area contributed by atoms with Gasteiger partial charge in [0.15, 0.2) is 0 Å². The Kier molecular flexibility index (Phi) is 8.32. The van der Waals surface area contributed by atoms with E-state index >= 15 is 0 Å². The average Bonchev–Trinajstić information content (AvgIpc) is 3.65. The summed E-state index contributed by atoms with van der Waals surface area (Å²) in [6, 6.07) is 7.16. The molecule has 0 bridgehead atoms. The summed E-state index contributed by atoms with van der Waals surface area (Å²) in [5.41, 5.74) is -2.45. The summed E-state index contributed by atoms with van der Waals surface area (Å²) in [4.78, 5) is 15.3. The molecule has 1 aromatic heterocycles. The number of ether oxygens (including phenoxy) is 1. The van der Waals surface area contributed by atoms with E-state index in [1.54, 1.807) is 29.7 Å². The normalized spacial score (nSPS) is 24.1. The molecular weight excluding hydrogens is 569 g/mol. The molecule has 1 saturated carbocycles. The third-order valence-electron chi connectivity index (χ3n) is 8.23. The zero-order valence-corrected chi connectivity index (χ0v) is 22.6. The minimum atomic E-state index is -4.98. The Labute approximate surface area is 237 Å². The molecule has 1 saturated heterocycles. The summed E-state index contributed by atoms with van der Waals surface area (Å²) in [5, 5.41) is 7.66. The molecule has 3 aromatic rings. The molecule has 1 amide bonds. The van der Waals surface area contributed by atoms with E-state index in [0.29, 0.717) is 43.5 Å². The molecule has 1 aliphatic heterocycles. The number of amides is 1. The Morgan fingerprint density at radius 1 is 0.929 bits per heavy atom. The van der Waals surface area contributed by atoms with Gasteiger partial charge in [-0.25, -0.2) is 4.39 Å². The lowest BCUT2D eigenvalue weighted by Gasteiger charge is -2.41. The largest absolute Gasteiger partial charge is 0.416 e. The van der Waals surface area contributed by atoms with Crippen LogP contribution in [-0.2, 0) is 21.9 Å². The minimum Gasteiger partial charge on any atom is -0.370 e. The van der Waals surface area contributed by atoms with Crippen molar-refractivity contribution >= 4 is 5.91 Å². The molecule has 0 spiro atoms. The van der Waals surface area contributed by atoms with E-state index in [2.05, 4.69) is 10.2 Å². The maximum absolute atomic E-state index is 13.7. The van der Waals surface area contributed by atoms with Gasteiger partial charge in [-0.1, -0.05) is 12.1 Å². The maximum atomic E-state index is 13.7. The zero-order valence-electron chi connectivity index (χ0n) is 22.6. The molecule has 1 aliphatic carbocycles. The highest BCUT2D eigenvalue weighted by atomic mass is 19.4. The highest BCUT2D eigenvalue weighted by Gasteiger charge is 2.40. The van der Waals surface area contributed by atoms with Crippen LogP contribution in [0.15, 0.2) is 55.1 Å². The van der Waals surface area contributed by atoms with Gasteiger partial charge >= 0.3 is 12.4 Å². The number of alkyl halides is 6. The summed E-state index contributed by atoms with van der Waals surface area (Å²) in [7, 11) is 0. The molecule has 0 unspecified atom stereocenters. The third-order valence-corrected chi connectivity index (χ3v) is 8.23. The zero-order chi connectivity index (χ0) is 30.2. The SMILES string of the molecule is C[C@@H](O[C@H]1CCN(C(=O)[C@@H]2CC[C@H](n3cnnc3)C2)C[C@@H]1c1ccc(F)cc1)c1cc(C(F)(F)F)cc(C(F)(F)F)c1. The van der Waals surface area contributed by atoms with Crippen LogP contribution in [0.5, 0.6) is 0 Å². The Morgan fingerprint density at radius 2 is 1.55 bits per heavy atom. The second-order valence-corrected chi connectivity index (χ2v) is 11.0. The number of aromatic nitrogens is 3. The standard InChI is InChI=1S/C29H29F7N4O2/c1-17(20-10-21(28(31,32)33)13-22(11-20)29(34,35)36)42-26-8-9-39(14-25(26)18-2-5-23(30)6-3-18)27(41)19-4-7-24(12-19)40-15-37-38-16-40/h2-3,5-6,10-11,13,15-17,19,24-26H,4,7-9,12,14H2,1H3/t17-,19-,24+,25-,26+/m1/s1. The molecule has 2 aliphatic rings. The van der Waals surface area contributed by atoms with Crippen molar-refractivity contribution in [2.75, 3.05) is 13.1 Å². The van der Waals surface area contributed by atoms with Crippen LogP contribution >= 0.6 is 0 Å². The summed E-state index contributed by atoms with van der Waals surface area (Å²) in [6.45, 7) is 1.92. The first-order valence-electron chi connectivity index (χ1n) is 13.6. The minimum absolute atomic E-state index is 0.0307. The highest BCUT2D eigenvalue weighted by Crippen LogP contribution is 2.41. The molecule has 0 N–H and O–H groups in total. The number of likely N-dealkylation sites (tertiary alicyclic amines) is 1. The molecule has 226 valence electrons. The molecule has 0 radical (unpaired) electrons. The predicted molar refractivity (Wildman–Crippen MR) is 136 cm³/mol. The van der Waals surface area contributed by atoms with Crippen molar-refractivity contribution in [3.63, 3.8) is 0 Å². The molecule has 5 atom stereocenters. The number of hydrogen-bond acceptors (Lipinski definition) is 4. The lowest BCUT2D eigenvalue weighted by Crippen LogP contribution is -2.47. The van der Waals surface area contributed by atoms with Gasteiger partial charge in [-0.05, 0) is 74.1 Å². The number of carbonyl (C=O) groups excluding carboxylic acids is 1. The number of carbonyl (C=O) groups is 1.